The second-order valence-corrected chi connectivity index (χ2v) is 6.65. The van der Waals surface area contributed by atoms with E-state index >= 15 is 0 Å². The lowest BCUT2D eigenvalue weighted by atomic mass is 9.82. The minimum absolute atomic E-state index is 0.528. The maximum Gasteiger partial charge on any atom is 0.0146 e. The van der Waals surface area contributed by atoms with Gasteiger partial charge in [-0.1, -0.05) is 27.2 Å². The zero-order valence-electron chi connectivity index (χ0n) is 11.2. The largest absolute Gasteiger partial charge is 0.330 e. The summed E-state index contributed by atoms with van der Waals surface area (Å²) < 4.78 is 0. The van der Waals surface area contributed by atoms with E-state index in [9.17, 15) is 0 Å². The molecule has 0 aromatic rings. The van der Waals surface area contributed by atoms with Crippen LogP contribution >= 0.6 is 0 Å². The van der Waals surface area contributed by atoms with Gasteiger partial charge in [-0.2, -0.15) is 0 Å². The lowest BCUT2D eigenvalue weighted by Crippen LogP contribution is -2.50. The van der Waals surface area contributed by atoms with E-state index in [0.717, 1.165) is 24.4 Å². The molecule has 1 aliphatic carbocycles. The molecule has 2 nitrogen and oxygen atoms in total. The number of nitrogens with zero attached hydrogens (tertiary/aromatic N) is 1. The van der Waals surface area contributed by atoms with Crippen LogP contribution in [0.5, 0.6) is 0 Å². The van der Waals surface area contributed by atoms with E-state index in [0.29, 0.717) is 5.41 Å². The molecule has 1 saturated carbocycles. The molecule has 0 aromatic carbocycles. The van der Waals surface area contributed by atoms with Crippen molar-refractivity contribution in [2.24, 2.45) is 23.0 Å². The molecule has 1 heterocycles. The van der Waals surface area contributed by atoms with Crippen LogP contribution in [0.1, 0.15) is 46.5 Å². The first-order valence-electron chi connectivity index (χ1n) is 6.98. The van der Waals surface area contributed by atoms with Crippen molar-refractivity contribution >= 4 is 0 Å². The van der Waals surface area contributed by atoms with Crippen LogP contribution in [0.3, 0.4) is 0 Å². The fourth-order valence-corrected chi connectivity index (χ4v) is 3.75. The van der Waals surface area contributed by atoms with Gasteiger partial charge in [0.15, 0.2) is 0 Å². The topological polar surface area (TPSA) is 29.3 Å². The van der Waals surface area contributed by atoms with E-state index in [1.54, 1.807) is 0 Å². The normalized spacial score (nSPS) is 40.1. The molecule has 94 valence electrons. The summed E-state index contributed by atoms with van der Waals surface area (Å²) in [6.45, 7) is 10.7. The van der Waals surface area contributed by atoms with Gasteiger partial charge in [0, 0.05) is 12.6 Å². The molecule has 1 aliphatic heterocycles. The van der Waals surface area contributed by atoms with E-state index in [1.807, 2.05) is 0 Å². The van der Waals surface area contributed by atoms with Crippen molar-refractivity contribution in [2.45, 2.75) is 52.5 Å². The average Bonchev–Trinajstić information content (AvgIpc) is 2.59. The van der Waals surface area contributed by atoms with Crippen LogP contribution in [0.25, 0.3) is 0 Å². The Kier molecular flexibility index (Phi) is 3.60. The fourth-order valence-electron chi connectivity index (χ4n) is 3.75. The third kappa shape index (κ3) is 2.28. The summed E-state index contributed by atoms with van der Waals surface area (Å²) in [5, 5.41) is 0. The van der Waals surface area contributed by atoms with Gasteiger partial charge in [-0.05, 0) is 49.6 Å². The number of likely N-dealkylation sites (tertiary alicyclic amines) is 1. The summed E-state index contributed by atoms with van der Waals surface area (Å²) in [5.74, 6) is 1.55. The van der Waals surface area contributed by atoms with Crippen molar-refractivity contribution in [3.05, 3.63) is 0 Å². The van der Waals surface area contributed by atoms with Crippen LogP contribution < -0.4 is 5.73 Å². The SMILES string of the molecule is CC1CCN(C2CCCC2(C)C)CC1CN. The van der Waals surface area contributed by atoms with Crippen LogP contribution in [-0.2, 0) is 0 Å². The fraction of sp³-hybridized carbons (Fsp3) is 1.00. The quantitative estimate of drug-likeness (QED) is 0.781. The molecule has 2 heteroatoms. The molecule has 2 aliphatic rings. The summed E-state index contributed by atoms with van der Waals surface area (Å²) in [5.41, 5.74) is 6.42. The van der Waals surface area contributed by atoms with Crippen LogP contribution in [0.2, 0.25) is 0 Å². The van der Waals surface area contributed by atoms with Crippen LogP contribution in [-0.4, -0.2) is 30.6 Å². The Morgan fingerprint density at radius 1 is 1.31 bits per heavy atom. The van der Waals surface area contributed by atoms with Crippen molar-refractivity contribution in [3.63, 3.8) is 0 Å². The Morgan fingerprint density at radius 3 is 2.62 bits per heavy atom. The molecule has 3 atom stereocenters. The summed E-state index contributed by atoms with van der Waals surface area (Å²) >= 11 is 0. The summed E-state index contributed by atoms with van der Waals surface area (Å²) in [6, 6.07) is 0.814. The van der Waals surface area contributed by atoms with Crippen molar-refractivity contribution in [1.29, 1.82) is 0 Å². The third-order valence-electron chi connectivity index (χ3n) is 5.09. The molecule has 1 saturated heterocycles. The van der Waals surface area contributed by atoms with E-state index in [-0.39, 0.29) is 0 Å². The molecule has 0 aromatic heterocycles. The molecule has 0 amide bonds. The summed E-state index contributed by atoms with van der Waals surface area (Å²) in [7, 11) is 0. The maximum absolute atomic E-state index is 5.90. The van der Waals surface area contributed by atoms with Crippen molar-refractivity contribution in [3.8, 4) is 0 Å². The number of rotatable bonds is 2. The lowest BCUT2D eigenvalue weighted by molar-refractivity contribution is 0.0477. The van der Waals surface area contributed by atoms with E-state index in [1.165, 1.54) is 38.8 Å². The Bertz CT molecular complexity index is 237. The Hall–Kier alpha value is -0.0800. The molecule has 0 bridgehead atoms. The maximum atomic E-state index is 5.90. The first-order valence-corrected chi connectivity index (χ1v) is 6.98. The summed E-state index contributed by atoms with van der Waals surface area (Å²) in [6.07, 6.45) is 5.56. The van der Waals surface area contributed by atoms with Crippen LogP contribution in [0.15, 0.2) is 0 Å². The highest BCUT2D eigenvalue weighted by molar-refractivity contribution is 4.94. The van der Waals surface area contributed by atoms with Gasteiger partial charge >= 0.3 is 0 Å². The molecule has 16 heavy (non-hydrogen) atoms. The molecule has 3 unspecified atom stereocenters. The second-order valence-electron chi connectivity index (χ2n) is 6.65. The highest BCUT2D eigenvalue weighted by atomic mass is 15.2. The van der Waals surface area contributed by atoms with Crippen molar-refractivity contribution in [2.75, 3.05) is 19.6 Å². The molecular weight excluding hydrogens is 196 g/mol. The molecule has 0 spiro atoms. The van der Waals surface area contributed by atoms with Crippen LogP contribution in [0.4, 0.5) is 0 Å². The molecule has 2 rings (SSSR count). The van der Waals surface area contributed by atoms with Crippen LogP contribution in [0, 0.1) is 17.3 Å². The van der Waals surface area contributed by atoms with Crippen molar-refractivity contribution < 1.29 is 0 Å². The van der Waals surface area contributed by atoms with E-state index < -0.39 is 0 Å². The monoisotopic (exact) mass is 224 g/mol. The number of piperidine rings is 1. The smallest absolute Gasteiger partial charge is 0.0146 e. The number of hydrogen-bond acceptors (Lipinski definition) is 2. The lowest BCUT2D eigenvalue weighted by Gasteiger charge is -2.44. The summed E-state index contributed by atoms with van der Waals surface area (Å²) in [4.78, 5) is 2.74. The predicted octanol–water partition coefficient (Wildman–Crippen LogP) is 2.48. The van der Waals surface area contributed by atoms with E-state index in [4.69, 9.17) is 5.73 Å². The minimum Gasteiger partial charge on any atom is -0.330 e. The zero-order valence-corrected chi connectivity index (χ0v) is 11.2. The Labute approximate surface area is 101 Å². The molecular formula is C14H28N2. The Balaban J connectivity index is 2.00. The van der Waals surface area contributed by atoms with Gasteiger partial charge in [-0.3, -0.25) is 4.90 Å². The van der Waals surface area contributed by atoms with Crippen molar-refractivity contribution in [1.82, 2.24) is 4.90 Å². The first kappa shape index (κ1) is 12.4. The first-order chi connectivity index (χ1) is 7.54. The standard InChI is InChI=1S/C14H28N2/c1-11-6-8-16(10-12(11)9-15)13-5-4-7-14(13,2)3/h11-13H,4-10,15H2,1-3H3. The van der Waals surface area contributed by atoms with Gasteiger partial charge in [0.25, 0.3) is 0 Å². The van der Waals surface area contributed by atoms with Gasteiger partial charge in [0.05, 0.1) is 0 Å². The second kappa shape index (κ2) is 4.66. The Morgan fingerprint density at radius 2 is 2.06 bits per heavy atom. The highest BCUT2D eigenvalue weighted by Gasteiger charge is 2.40. The molecule has 2 fully saturated rings. The number of hydrogen-bond donors (Lipinski definition) is 1. The average molecular weight is 224 g/mol. The van der Waals surface area contributed by atoms with Gasteiger partial charge in [-0.25, -0.2) is 0 Å². The molecule has 2 N–H and O–H groups in total. The number of nitrogens with two attached hydrogens (primary N) is 1. The highest BCUT2D eigenvalue weighted by Crippen LogP contribution is 2.42. The zero-order chi connectivity index (χ0) is 11.8. The van der Waals surface area contributed by atoms with Gasteiger partial charge in [0.2, 0.25) is 0 Å². The van der Waals surface area contributed by atoms with Gasteiger partial charge in [-0.15, -0.1) is 0 Å². The third-order valence-corrected chi connectivity index (χ3v) is 5.09. The predicted molar refractivity (Wildman–Crippen MR) is 69.3 cm³/mol. The van der Waals surface area contributed by atoms with Gasteiger partial charge in [0.1, 0.15) is 0 Å². The minimum atomic E-state index is 0.528. The van der Waals surface area contributed by atoms with E-state index in [2.05, 4.69) is 25.7 Å². The molecule has 0 radical (unpaired) electrons. The van der Waals surface area contributed by atoms with Gasteiger partial charge < -0.3 is 5.73 Å².